The molecule has 0 aliphatic carbocycles. The van der Waals surface area contributed by atoms with E-state index in [1.165, 1.54) is 5.56 Å². The topological polar surface area (TPSA) is 23.6 Å². The third kappa shape index (κ3) is 2.53. The van der Waals surface area contributed by atoms with E-state index in [1.54, 1.807) is 0 Å². The first-order valence-corrected chi connectivity index (χ1v) is 7.15. The molecule has 1 aromatic carbocycles. The Morgan fingerprint density at radius 3 is 2.78 bits per heavy atom. The smallest absolute Gasteiger partial charge is 0.240 e. The van der Waals surface area contributed by atoms with Crippen LogP contribution in [-0.2, 0) is 4.79 Å². The summed E-state index contributed by atoms with van der Waals surface area (Å²) in [4.78, 5) is 16.1. The molecule has 1 aliphatic heterocycles. The zero-order valence-electron chi connectivity index (χ0n) is 11.1. The highest BCUT2D eigenvalue weighted by Crippen LogP contribution is 2.29. The van der Waals surface area contributed by atoms with Gasteiger partial charge in [-0.15, -0.1) is 0 Å². The molecular formula is C14H19BrN2O. The average molecular weight is 311 g/mol. The van der Waals surface area contributed by atoms with Gasteiger partial charge in [0, 0.05) is 32.0 Å². The average Bonchev–Trinajstić information content (AvgIpc) is 2.33. The van der Waals surface area contributed by atoms with Gasteiger partial charge in [0.15, 0.2) is 0 Å². The van der Waals surface area contributed by atoms with E-state index in [1.807, 2.05) is 25.1 Å². The summed E-state index contributed by atoms with van der Waals surface area (Å²) in [6, 6.07) is 6.21. The minimum atomic E-state index is -0.0321. The number of halogens is 1. The maximum absolute atomic E-state index is 12.2. The van der Waals surface area contributed by atoms with Gasteiger partial charge in [-0.05, 0) is 37.5 Å². The van der Waals surface area contributed by atoms with Crippen LogP contribution in [0.2, 0.25) is 0 Å². The first kappa shape index (κ1) is 13.4. The third-order valence-corrected chi connectivity index (χ3v) is 4.21. The Morgan fingerprint density at radius 2 is 2.11 bits per heavy atom. The van der Waals surface area contributed by atoms with Crippen molar-refractivity contribution in [2.75, 3.05) is 30.4 Å². The van der Waals surface area contributed by atoms with Crippen molar-refractivity contribution in [3.8, 4) is 0 Å². The van der Waals surface area contributed by atoms with Crippen molar-refractivity contribution in [2.45, 2.75) is 24.6 Å². The number of rotatable bonds is 2. The number of benzene rings is 1. The van der Waals surface area contributed by atoms with Gasteiger partial charge in [0.1, 0.15) is 0 Å². The van der Waals surface area contributed by atoms with Crippen molar-refractivity contribution in [3.63, 3.8) is 0 Å². The lowest BCUT2D eigenvalue weighted by molar-refractivity contribution is -0.118. The van der Waals surface area contributed by atoms with Gasteiger partial charge in [-0.1, -0.05) is 22.0 Å². The van der Waals surface area contributed by atoms with Gasteiger partial charge >= 0.3 is 0 Å². The maximum atomic E-state index is 12.2. The lowest BCUT2D eigenvalue weighted by atomic mass is 10.1. The molecule has 1 unspecified atom stereocenters. The predicted molar refractivity (Wildman–Crippen MR) is 79.8 cm³/mol. The van der Waals surface area contributed by atoms with Crippen LogP contribution >= 0.6 is 15.9 Å². The summed E-state index contributed by atoms with van der Waals surface area (Å²) in [5, 5.41) is 0. The summed E-state index contributed by atoms with van der Waals surface area (Å²) in [7, 11) is 4.05. The van der Waals surface area contributed by atoms with Crippen LogP contribution in [0, 0.1) is 6.92 Å². The van der Waals surface area contributed by atoms with E-state index in [0.29, 0.717) is 0 Å². The third-order valence-electron chi connectivity index (χ3n) is 3.36. The number of anilines is 2. The van der Waals surface area contributed by atoms with E-state index in [0.717, 1.165) is 30.8 Å². The number of nitrogens with zero attached hydrogens (tertiary/aromatic N) is 2. The Bertz CT molecular complexity index is 459. The van der Waals surface area contributed by atoms with Gasteiger partial charge in [-0.2, -0.15) is 0 Å². The summed E-state index contributed by atoms with van der Waals surface area (Å²) in [6.07, 6.45) is 1.98. The number of alkyl halides is 1. The number of piperidine rings is 1. The Balaban J connectivity index is 2.33. The fourth-order valence-electron chi connectivity index (χ4n) is 2.34. The lowest BCUT2D eigenvalue weighted by Gasteiger charge is -2.31. The van der Waals surface area contributed by atoms with Crippen LogP contribution in [-0.4, -0.2) is 31.4 Å². The highest BCUT2D eigenvalue weighted by molar-refractivity contribution is 9.10. The first-order valence-electron chi connectivity index (χ1n) is 6.24. The molecule has 2 rings (SSSR count). The number of carbonyl (C=O) groups excluding carboxylic acids is 1. The Morgan fingerprint density at radius 1 is 1.39 bits per heavy atom. The molecule has 1 amide bonds. The van der Waals surface area contributed by atoms with E-state index in [9.17, 15) is 4.79 Å². The van der Waals surface area contributed by atoms with Crippen LogP contribution in [0.3, 0.4) is 0 Å². The number of hydrogen-bond acceptors (Lipinski definition) is 2. The number of hydrogen-bond donors (Lipinski definition) is 0. The van der Waals surface area contributed by atoms with Gasteiger partial charge in [0.25, 0.3) is 0 Å². The molecule has 0 radical (unpaired) electrons. The van der Waals surface area contributed by atoms with E-state index >= 15 is 0 Å². The van der Waals surface area contributed by atoms with E-state index in [2.05, 4.69) is 39.9 Å². The molecule has 1 fully saturated rings. The second-order valence-electron chi connectivity index (χ2n) is 4.96. The van der Waals surface area contributed by atoms with Gasteiger partial charge in [-0.25, -0.2) is 0 Å². The van der Waals surface area contributed by atoms with Crippen molar-refractivity contribution in [1.82, 2.24) is 0 Å². The van der Waals surface area contributed by atoms with Crippen LogP contribution in [0.1, 0.15) is 18.4 Å². The van der Waals surface area contributed by atoms with Crippen LogP contribution in [0.15, 0.2) is 18.2 Å². The van der Waals surface area contributed by atoms with Crippen LogP contribution in [0.5, 0.6) is 0 Å². The molecule has 0 saturated carbocycles. The zero-order chi connectivity index (χ0) is 13.3. The van der Waals surface area contributed by atoms with Gasteiger partial charge in [-0.3, -0.25) is 4.79 Å². The summed E-state index contributed by atoms with van der Waals surface area (Å²) in [5.74, 6) is 0.176. The molecule has 0 spiro atoms. The Labute approximate surface area is 117 Å². The molecule has 1 atom stereocenters. The highest BCUT2D eigenvalue weighted by atomic mass is 79.9. The van der Waals surface area contributed by atoms with Gasteiger partial charge in [0.2, 0.25) is 5.91 Å². The first-order chi connectivity index (χ1) is 8.50. The molecule has 4 heteroatoms. The molecule has 1 saturated heterocycles. The van der Waals surface area contributed by atoms with Crippen LogP contribution in [0.25, 0.3) is 0 Å². The number of carbonyl (C=O) groups is 1. The van der Waals surface area contributed by atoms with E-state index in [4.69, 9.17) is 0 Å². The fraction of sp³-hybridized carbons (Fsp3) is 0.500. The summed E-state index contributed by atoms with van der Waals surface area (Å²) in [6.45, 7) is 2.90. The van der Waals surface area contributed by atoms with Crippen molar-refractivity contribution >= 4 is 33.2 Å². The summed E-state index contributed by atoms with van der Waals surface area (Å²) >= 11 is 3.45. The molecule has 0 aromatic heterocycles. The number of aryl methyl sites for hydroxylation is 1. The molecule has 98 valence electrons. The normalized spacial score (nSPS) is 20.1. The molecule has 1 aliphatic rings. The monoisotopic (exact) mass is 310 g/mol. The van der Waals surface area contributed by atoms with Gasteiger partial charge in [0.05, 0.1) is 4.83 Å². The van der Waals surface area contributed by atoms with E-state index < -0.39 is 0 Å². The van der Waals surface area contributed by atoms with Crippen molar-refractivity contribution in [3.05, 3.63) is 23.8 Å². The fourth-order valence-corrected chi connectivity index (χ4v) is 2.91. The highest BCUT2D eigenvalue weighted by Gasteiger charge is 2.27. The Kier molecular flexibility index (Phi) is 3.95. The van der Waals surface area contributed by atoms with Crippen molar-refractivity contribution in [1.29, 1.82) is 0 Å². The largest absolute Gasteiger partial charge is 0.377 e. The summed E-state index contributed by atoms with van der Waals surface area (Å²) < 4.78 is 0. The lowest BCUT2D eigenvalue weighted by Crippen LogP contribution is -2.41. The van der Waals surface area contributed by atoms with Gasteiger partial charge < -0.3 is 9.80 Å². The minimum absolute atomic E-state index is 0.0321. The maximum Gasteiger partial charge on any atom is 0.240 e. The Hall–Kier alpha value is -1.03. The van der Waals surface area contributed by atoms with Crippen molar-refractivity contribution in [2.24, 2.45) is 0 Å². The minimum Gasteiger partial charge on any atom is -0.377 e. The molecule has 3 nitrogen and oxygen atoms in total. The summed E-state index contributed by atoms with van der Waals surface area (Å²) in [5.41, 5.74) is 3.39. The van der Waals surface area contributed by atoms with Crippen LogP contribution < -0.4 is 9.80 Å². The van der Waals surface area contributed by atoms with Crippen molar-refractivity contribution < 1.29 is 4.79 Å². The molecule has 18 heavy (non-hydrogen) atoms. The second kappa shape index (κ2) is 5.31. The molecular weight excluding hydrogens is 292 g/mol. The second-order valence-corrected chi connectivity index (χ2v) is 6.07. The molecule has 0 N–H and O–H groups in total. The molecule has 1 heterocycles. The van der Waals surface area contributed by atoms with E-state index in [-0.39, 0.29) is 10.7 Å². The molecule has 0 bridgehead atoms. The van der Waals surface area contributed by atoms with Crippen LogP contribution in [0.4, 0.5) is 11.4 Å². The predicted octanol–water partition coefficient (Wildman–Crippen LogP) is 2.95. The number of amides is 1. The molecule has 1 aromatic rings. The standard InChI is InChI=1S/C14H19BrN2O/c1-10-6-7-11(9-13(10)16(2)3)17-8-4-5-12(15)14(17)18/h6-7,9,12H,4-5,8H2,1-3H3. The SMILES string of the molecule is Cc1ccc(N2CCCC(Br)C2=O)cc1N(C)C. The quantitative estimate of drug-likeness (QED) is 0.784. The zero-order valence-corrected chi connectivity index (χ0v) is 12.7.